The highest BCUT2D eigenvalue weighted by atomic mass is 16.6. The third-order valence-corrected chi connectivity index (χ3v) is 11.3. The minimum Gasteiger partial charge on any atom is -0.462 e. The Balaban J connectivity index is 4.60. The molecule has 0 saturated heterocycles. The van der Waals surface area contributed by atoms with Crippen molar-refractivity contribution in [1.29, 1.82) is 0 Å². The summed E-state index contributed by atoms with van der Waals surface area (Å²) in [5, 5.41) is 0. The summed E-state index contributed by atoms with van der Waals surface area (Å²) in [7, 11) is 0. The molecule has 1 atom stereocenters. The van der Waals surface area contributed by atoms with Crippen LogP contribution in [-0.4, -0.2) is 37.2 Å². The monoisotopic (exact) mass is 979 g/mol. The third-order valence-electron chi connectivity index (χ3n) is 11.3. The third kappa shape index (κ3) is 56.1. The van der Waals surface area contributed by atoms with E-state index in [2.05, 4.69) is 154 Å². The van der Waals surface area contributed by atoms with Gasteiger partial charge in [-0.3, -0.25) is 14.4 Å². The molecule has 398 valence electrons. The maximum absolute atomic E-state index is 12.8. The Labute approximate surface area is 436 Å². The van der Waals surface area contributed by atoms with Crippen molar-refractivity contribution in [1.82, 2.24) is 0 Å². The molecule has 0 amide bonds. The SMILES string of the molecule is CC/C=C\C/C=C\C/C=C\CCCCCCCC(=O)O[C@H](COC(=O)CC/C=C\C/C=C\C/C=C\C/C=C\C/C=C\CCCCC)COC(=O)CCCCC/C=C\C/C=C\C/C=C\C/C=C\CCCCC. The van der Waals surface area contributed by atoms with E-state index in [1.54, 1.807) is 0 Å². The van der Waals surface area contributed by atoms with Gasteiger partial charge in [-0.2, -0.15) is 0 Å². The van der Waals surface area contributed by atoms with Gasteiger partial charge >= 0.3 is 17.9 Å². The molecular formula is C65H102O6. The fourth-order valence-electron chi connectivity index (χ4n) is 7.07. The van der Waals surface area contributed by atoms with Crippen molar-refractivity contribution < 1.29 is 28.6 Å². The lowest BCUT2D eigenvalue weighted by Crippen LogP contribution is -2.30. The first-order valence-corrected chi connectivity index (χ1v) is 28.3. The number of carbonyl (C=O) groups excluding carboxylic acids is 3. The van der Waals surface area contributed by atoms with Gasteiger partial charge in [0.15, 0.2) is 6.10 Å². The average molecular weight is 980 g/mol. The maximum Gasteiger partial charge on any atom is 0.306 e. The van der Waals surface area contributed by atoms with E-state index in [0.717, 1.165) is 128 Å². The summed E-state index contributed by atoms with van der Waals surface area (Å²) < 4.78 is 16.7. The second kappa shape index (κ2) is 57.9. The largest absolute Gasteiger partial charge is 0.462 e. The van der Waals surface area contributed by atoms with Gasteiger partial charge in [0.05, 0.1) is 0 Å². The Hall–Kier alpha value is -4.71. The molecule has 0 spiro atoms. The molecule has 0 aromatic rings. The molecule has 0 heterocycles. The van der Waals surface area contributed by atoms with E-state index in [-0.39, 0.29) is 44.0 Å². The fourth-order valence-corrected chi connectivity index (χ4v) is 7.07. The van der Waals surface area contributed by atoms with Crippen molar-refractivity contribution in [2.75, 3.05) is 13.2 Å². The summed E-state index contributed by atoms with van der Waals surface area (Å²) in [6, 6.07) is 0. The smallest absolute Gasteiger partial charge is 0.306 e. The molecule has 0 aromatic heterocycles. The second-order valence-corrected chi connectivity index (χ2v) is 18.1. The van der Waals surface area contributed by atoms with Crippen LogP contribution in [0, 0.1) is 0 Å². The number of hydrogen-bond donors (Lipinski definition) is 0. The Morgan fingerprint density at radius 3 is 0.958 bits per heavy atom. The Morgan fingerprint density at radius 1 is 0.296 bits per heavy atom. The van der Waals surface area contributed by atoms with Crippen LogP contribution in [0.5, 0.6) is 0 Å². The highest BCUT2D eigenvalue weighted by Crippen LogP contribution is 2.12. The highest BCUT2D eigenvalue weighted by molar-refractivity contribution is 5.71. The van der Waals surface area contributed by atoms with Crippen molar-refractivity contribution in [3.63, 3.8) is 0 Å². The van der Waals surface area contributed by atoms with Gasteiger partial charge in [-0.05, 0) is 135 Å². The number of hydrogen-bond acceptors (Lipinski definition) is 6. The molecule has 0 N–H and O–H groups in total. The van der Waals surface area contributed by atoms with Crippen molar-refractivity contribution >= 4 is 17.9 Å². The minimum absolute atomic E-state index is 0.131. The molecule has 6 nitrogen and oxygen atoms in total. The topological polar surface area (TPSA) is 78.9 Å². The van der Waals surface area contributed by atoms with Crippen LogP contribution in [0.15, 0.2) is 146 Å². The van der Waals surface area contributed by atoms with Crippen LogP contribution in [0.3, 0.4) is 0 Å². The fraction of sp³-hybridized carbons (Fsp3) is 0.585. The van der Waals surface area contributed by atoms with E-state index in [0.29, 0.717) is 12.8 Å². The predicted molar refractivity (Wildman–Crippen MR) is 306 cm³/mol. The summed E-state index contributed by atoms with van der Waals surface area (Å²) in [5.41, 5.74) is 0. The van der Waals surface area contributed by atoms with E-state index in [4.69, 9.17) is 14.2 Å². The highest BCUT2D eigenvalue weighted by Gasteiger charge is 2.19. The van der Waals surface area contributed by atoms with Crippen LogP contribution in [0.1, 0.15) is 226 Å². The van der Waals surface area contributed by atoms with Gasteiger partial charge < -0.3 is 14.2 Å². The summed E-state index contributed by atoms with van der Waals surface area (Å²) >= 11 is 0. The molecule has 0 aliphatic rings. The van der Waals surface area contributed by atoms with Gasteiger partial charge in [-0.15, -0.1) is 0 Å². The van der Waals surface area contributed by atoms with E-state index < -0.39 is 6.10 Å². The molecule has 0 rings (SSSR count). The standard InChI is InChI=1S/C65H102O6/c1-4-7-10-13-16-19-22-25-28-30-32-34-37-39-42-45-48-51-54-57-63(66)69-60-62(71-65(68)59-56-53-50-47-44-41-36-27-24-21-18-15-12-9-6-3)61-70-64(67)58-55-52-49-46-43-40-38-35-33-31-29-26-23-20-17-14-11-8-5-2/h9,12,16-21,25-29,32-36,39-40,42-43,48,51,62H,4-8,10-11,13-15,22-24,30-31,37-38,41,44-47,49-50,52-61H2,1-3H3/b12-9-,19-16-,20-17-,21-18-,28-25-,29-26-,34-32-,35-33-,36-27-,42-39-,43-40-,51-48-/t62-/m1/s1. The lowest BCUT2D eigenvalue weighted by atomic mass is 10.1. The number of esters is 3. The molecule has 0 aliphatic heterocycles. The first-order chi connectivity index (χ1) is 35.0. The molecule has 0 aliphatic carbocycles. The summed E-state index contributed by atoms with van der Waals surface area (Å²) in [5.74, 6) is -1.07. The molecule has 0 unspecified atom stereocenters. The average Bonchev–Trinajstić information content (AvgIpc) is 3.37. The van der Waals surface area contributed by atoms with Gasteiger partial charge in [-0.25, -0.2) is 0 Å². The number of rotatable bonds is 49. The summed E-state index contributed by atoms with van der Waals surface area (Å²) in [6.07, 6.45) is 82.7. The number of unbranched alkanes of at least 4 members (excludes halogenated alkanes) is 14. The number of carbonyl (C=O) groups is 3. The molecule has 0 radical (unpaired) electrons. The zero-order valence-corrected chi connectivity index (χ0v) is 45.4. The number of allylic oxidation sites excluding steroid dienone is 24. The van der Waals surface area contributed by atoms with Crippen molar-refractivity contribution in [2.24, 2.45) is 0 Å². The summed E-state index contributed by atoms with van der Waals surface area (Å²) in [6.45, 7) is 6.35. The Kier molecular flexibility index (Phi) is 54.0. The second-order valence-electron chi connectivity index (χ2n) is 18.1. The Bertz CT molecular complexity index is 1590. The normalized spacial score (nSPS) is 13.2. The number of ether oxygens (including phenoxy) is 3. The lowest BCUT2D eigenvalue weighted by Gasteiger charge is -2.18. The predicted octanol–water partition coefficient (Wildman–Crippen LogP) is 19.2. The van der Waals surface area contributed by atoms with Crippen LogP contribution in [-0.2, 0) is 28.6 Å². The van der Waals surface area contributed by atoms with Gasteiger partial charge in [0.2, 0.25) is 0 Å². The molecule has 71 heavy (non-hydrogen) atoms. The maximum atomic E-state index is 12.8. The Morgan fingerprint density at radius 2 is 0.577 bits per heavy atom. The van der Waals surface area contributed by atoms with E-state index in [9.17, 15) is 14.4 Å². The van der Waals surface area contributed by atoms with E-state index in [1.807, 2.05) is 12.2 Å². The molecular weight excluding hydrogens is 877 g/mol. The summed E-state index contributed by atoms with van der Waals surface area (Å²) in [4.78, 5) is 38.1. The van der Waals surface area contributed by atoms with Crippen molar-refractivity contribution in [3.05, 3.63) is 146 Å². The molecule has 0 saturated carbocycles. The van der Waals surface area contributed by atoms with Gasteiger partial charge in [0, 0.05) is 19.3 Å². The molecule has 6 heteroatoms. The minimum atomic E-state index is -0.838. The first-order valence-electron chi connectivity index (χ1n) is 28.3. The molecule has 0 fully saturated rings. The van der Waals surface area contributed by atoms with Crippen LogP contribution in [0.25, 0.3) is 0 Å². The molecule has 0 aromatic carbocycles. The van der Waals surface area contributed by atoms with Crippen LogP contribution < -0.4 is 0 Å². The molecule has 0 bridgehead atoms. The zero-order valence-electron chi connectivity index (χ0n) is 45.4. The van der Waals surface area contributed by atoms with Gasteiger partial charge in [-0.1, -0.05) is 218 Å². The van der Waals surface area contributed by atoms with Crippen LogP contribution >= 0.6 is 0 Å². The zero-order chi connectivity index (χ0) is 51.4. The van der Waals surface area contributed by atoms with Gasteiger partial charge in [0.1, 0.15) is 13.2 Å². The van der Waals surface area contributed by atoms with E-state index >= 15 is 0 Å². The van der Waals surface area contributed by atoms with Crippen molar-refractivity contribution in [2.45, 2.75) is 232 Å². The van der Waals surface area contributed by atoms with Gasteiger partial charge in [0.25, 0.3) is 0 Å². The van der Waals surface area contributed by atoms with E-state index in [1.165, 1.54) is 51.4 Å². The quantitative estimate of drug-likeness (QED) is 0.0262. The van der Waals surface area contributed by atoms with Crippen LogP contribution in [0.4, 0.5) is 0 Å². The van der Waals surface area contributed by atoms with Crippen LogP contribution in [0.2, 0.25) is 0 Å². The van der Waals surface area contributed by atoms with Crippen molar-refractivity contribution in [3.8, 4) is 0 Å². The lowest BCUT2D eigenvalue weighted by molar-refractivity contribution is -0.166. The first kappa shape index (κ1) is 66.3.